The minimum Gasteiger partial charge on any atom is -0.494 e. The topological polar surface area (TPSA) is 50.7 Å². The fourth-order valence-electron chi connectivity index (χ4n) is 2.38. The van der Waals surface area contributed by atoms with Crippen LogP contribution in [0.3, 0.4) is 0 Å². The number of ether oxygens (including phenoxy) is 1. The van der Waals surface area contributed by atoms with Crippen molar-refractivity contribution in [1.29, 1.82) is 0 Å². The van der Waals surface area contributed by atoms with E-state index < -0.39 is 0 Å². The van der Waals surface area contributed by atoms with Crippen molar-refractivity contribution >= 4 is 17.8 Å². The Morgan fingerprint density at radius 1 is 1.12 bits per heavy atom. The molecule has 0 aliphatic carbocycles. The van der Waals surface area contributed by atoms with Crippen LogP contribution in [0.1, 0.15) is 18.1 Å². The molecule has 0 saturated carbocycles. The van der Waals surface area contributed by atoms with Crippen molar-refractivity contribution in [3.63, 3.8) is 0 Å². The molecule has 0 spiro atoms. The first-order valence-corrected chi connectivity index (χ1v) is 7.72. The maximum Gasteiger partial charge on any atom is 0.275 e. The van der Waals surface area contributed by atoms with Gasteiger partial charge in [0.15, 0.2) is 0 Å². The molecule has 24 heavy (non-hydrogen) atoms. The zero-order valence-corrected chi connectivity index (χ0v) is 13.3. The van der Waals surface area contributed by atoms with Crippen LogP contribution in [0, 0.1) is 5.82 Å². The van der Waals surface area contributed by atoms with Gasteiger partial charge in [-0.15, -0.1) is 0 Å². The van der Waals surface area contributed by atoms with Gasteiger partial charge in [-0.05, 0) is 48.4 Å². The summed E-state index contributed by atoms with van der Waals surface area (Å²) in [4.78, 5) is 16.4. The first-order chi connectivity index (χ1) is 11.6. The summed E-state index contributed by atoms with van der Waals surface area (Å²) in [6.45, 7) is 2.54. The molecule has 4 nitrogen and oxygen atoms in total. The highest BCUT2D eigenvalue weighted by molar-refractivity contribution is 6.14. The van der Waals surface area contributed by atoms with Crippen molar-refractivity contribution in [2.45, 2.75) is 13.3 Å². The van der Waals surface area contributed by atoms with Crippen LogP contribution in [0.4, 0.5) is 4.39 Å². The molecule has 1 heterocycles. The van der Waals surface area contributed by atoms with Gasteiger partial charge in [-0.2, -0.15) is 0 Å². The van der Waals surface area contributed by atoms with Gasteiger partial charge in [0.25, 0.3) is 5.91 Å². The lowest BCUT2D eigenvalue weighted by molar-refractivity contribution is -0.115. The second kappa shape index (κ2) is 7.08. The first-order valence-electron chi connectivity index (χ1n) is 7.72. The number of aliphatic imine (C=N–C) groups is 1. The summed E-state index contributed by atoms with van der Waals surface area (Å²) in [5, 5.41) is 2.74. The van der Waals surface area contributed by atoms with E-state index in [1.807, 2.05) is 31.2 Å². The van der Waals surface area contributed by atoms with Gasteiger partial charge in [-0.3, -0.25) is 4.79 Å². The molecule has 122 valence electrons. The third-order valence-corrected chi connectivity index (χ3v) is 3.53. The number of hydrogen-bond donors (Lipinski definition) is 1. The molecule has 2 aromatic carbocycles. The highest BCUT2D eigenvalue weighted by Crippen LogP contribution is 2.17. The molecule has 0 saturated heterocycles. The molecule has 0 unspecified atom stereocenters. The molecular weight excluding hydrogens is 307 g/mol. The van der Waals surface area contributed by atoms with Crippen LogP contribution in [-0.2, 0) is 11.2 Å². The lowest BCUT2D eigenvalue weighted by Crippen LogP contribution is -2.25. The maximum atomic E-state index is 12.9. The van der Waals surface area contributed by atoms with E-state index >= 15 is 0 Å². The van der Waals surface area contributed by atoms with Crippen molar-refractivity contribution in [1.82, 2.24) is 5.32 Å². The molecule has 0 bridgehead atoms. The predicted octanol–water partition coefficient (Wildman–Crippen LogP) is 3.34. The summed E-state index contributed by atoms with van der Waals surface area (Å²) in [5.41, 5.74) is 2.12. The normalized spacial score (nSPS) is 15.3. The zero-order chi connectivity index (χ0) is 16.9. The third-order valence-electron chi connectivity index (χ3n) is 3.53. The average Bonchev–Trinajstić information content (AvgIpc) is 2.91. The molecule has 5 heteroatoms. The Hall–Kier alpha value is -2.95. The number of benzene rings is 2. The van der Waals surface area contributed by atoms with Gasteiger partial charge in [0.1, 0.15) is 23.1 Å². The van der Waals surface area contributed by atoms with E-state index in [0.29, 0.717) is 24.6 Å². The number of carbonyl (C=O) groups is 1. The van der Waals surface area contributed by atoms with E-state index in [2.05, 4.69) is 10.3 Å². The number of carbonyl (C=O) groups excluding carboxylic acids is 1. The van der Waals surface area contributed by atoms with Gasteiger partial charge in [0.2, 0.25) is 0 Å². The van der Waals surface area contributed by atoms with Crippen LogP contribution < -0.4 is 10.1 Å². The minimum atomic E-state index is -0.285. The van der Waals surface area contributed by atoms with Crippen molar-refractivity contribution < 1.29 is 13.9 Å². The molecular formula is C19H17FN2O2. The SMILES string of the molecule is CCOc1ccc(/C=C2/N=C(Cc3ccc(F)cc3)NC2=O)cc1. The van der Waals surface area contributed by atoms with Gasteiger partial charge in [0.05, 0.1) is 6.61 Å². The van der Waals surface area contributed by atoms with Gasteiger partial charge >= 0.3 is 0 Å². The van der Waals surface area contributed by atoms with E-state index in [-0.39, 0.29) is 11.7 Å². The Labute approximate surface area is 139 Å². The monoisotopic (exact) mass is 324 g/mol. The number of amides is 1. The van der Waals surface area contributed by atoms with Crippen LogP contribution in [-0.4, -0.2) is 18.3 Å². The number of amidine groups is 1. The molecule has 1 N–H and O–H groups in total. The van der Waals surface area contributed by atoms with Crippen molar-refractivity contribution in [2.24, 2.45) is 4.99 Å². The lowest BCUT2D eigenvalue weighted by atomic mass is 10.1. The highest BCUT2D eigenvalue weighted by atomic mass is 19.1. The number of rotatable bonds is 5. The van der Waals surface area contributed by atoms with Gasteiger partial charge in [0, 0.05) is 6.42 Å². The smallest absolute Gasteiger partial charge is 0.275 e. The standard InChI is InChI=1S/C19H17FN2O2/c1-2-24-16-9-5-13(6-10-16)11-17-19(23)22-18(21-17)12-14-3-7-15(20)8-4-14/h3-11H,2,12H2,1H3,(H,21,22,23)/b17-11+. The van der Waals surface area contributed by atoms with Crippen LogP contribution in [0.15, 0.2) is 59.2 Å². The van der Waals surface area contributed by atoms with Crippen LogP contribution in [0.2, 0.25) is 0 Å². The number of nitrogens with zero attached hydrogens (tertiary/aromatic N) is 1. The fourth-order valence-corrected chi connectivity index (χ4v) is 2.38. The van der Waals surface area contributed by atoms with Crippen molar-refractivity contribution in [2.75, 3.05) is 6.61 Å². The van der Waals surface area contributed by atoms with E-state index in [1.165, 1.54) is 12.1 Å². The van der Waals surface area contributed by atoms with Gasteiger partial charge in [-0.1, -0.05) is 24.3 Å². The minimum absolute atomic E-state index is 0.235. The van der Waals surface area contributed by atoms with E-state index in [4.69, 9.17) is 4.74 Å². The second-order valence-electron chi connectivity index (χ2n) is 5.35. The molecule has 1 aliphatic heterocycles. The zero-order valence-electron chi connectivity index (χ0n) is 13.3. The largest absolute Gasteiger partial charge is 0.494 e. The molecule has 3 rings (SSSR count). The molecule has 1 amide bonds. The Morgan fingerprint density at radius 3 is 2.50 bits per heavy atom. The molecule has 0 radical (unpaired) electrons. The number of halogens is 1. The average molecular weight is 324 g/mol. The van der Waals surface area contributed by atoms with Crippen LogP contribution in [0.25, 0.3) is 6.08 Å². The molecule has 0 fully saturated rings. The molecule has 1 aliphatic rings. The second-order valence-corrected chi connectivity index (χ2v) is 5.35. The highest BCUT2D eigenvalue weighted by Gasteiger charge is 2.19. The van der Waals surface area contributed by atoms with E-state index in [9.17, 15) is 9.18 Å². The Bertz CT molecular complexity index is 793. The Kier molecular flexibility index (Phi) is 4.70. The van der Waals surface area contributed by atoms with E-state index in [1.54, 1.807) is 18.2 Å². The van der Waals surface area contributed by atoms with Crippen molar-refractivity contribution in [3.8, 4) is 5.75 Å². The Morgan fingerprint density at radius 2 is 1.83 bits per heavy atom. The summed E-state index contributed by atoms with van der Waals surface area (Å²) in [5.74, 6) is 0.827. The first kappa shape index (κ1) is 15.9. The third kappa shape index (κ3) is 3.87. The van der Waals surface area contributed by atoms with Crippen LogP contribution >= 0.6 is 0 Å². The summed E-state index contributed by atoms with van der Waals surface area (Å²) >= 11 is 0. The summed E-state index contributed by atoms with van der Waals surface area (Å²) in [6.07, 6.45) is 2.18. The number of nitrogens with one attached hydrogen (secondary N) is 1. The molecule has 0 aromatic heterocycles. The maximum absolute atomic E-state index is 12.9. The van der Waals surface area contributed by atoms with Crippen molar-refractivity contribution in [3.05, 3.63) is 71.2 Å². The molecule has 2 aromatic rings. The Balaban J connectivity index is 1.74. The van der Waals surface area contributed by atoms with Crippen LogP contribution in [0.5, 0.6) is 5.75 Å². The lowest BCUT2D eigenvalue weighted by Gasteiger charge is -2.02. The van der Waals surface area contributed by atoms with Gasteiger partial charge < -0.3 is 10.1 Å². The molecule has 0 atom stereocenters. The summed E-state index contributed by atoms with van der Waals surface area (Å²) < 4.78 is 18.3. The quantitative estimate of drug-likeness (QED) is 0.858. The predicted molar refractivity (Wildman–Crippen MR) is 91.3 cm³/mol. The number of hydrogen-bond acceptors (Lipinski definition) is 3. The van der Waals surface area contributed by atoms with E-state index in [0.717, 1.165) is 16.9 Å². The summed E-state index contributed by atoms with van der Waals surface area (Å²) in [7, 11) is 0. The summed E-state index contributed by atoms with van der Waals surface area (Å²) in [6, 6.07) is 13.6. The fraction of sp³-hybridized carbons (Fsp3) is 0.158. The van der Waals surface area contributed by atoms with Gasteiger partial charge in [-0.25, -0.2) is 9.38 Å².